The number of hydrogen-bond acceptors (Lipinski definition) is 7. The van der Waals surface area contributed by atoms with Crippen molar-refractivity contribution in [2.45, 2.75) is 12.5 Å². The summed E-state index contributed by atoms with van der Waals surface area (Å²) in [6.45, 7) is 1.85. The zero-order chi connectivity index (χ0) is 15.0. The number of rotatable bonds is 4. The van der Waals surface area contributed by atoms with E-state index >= 15 is 0 Å². The van der Waals surface area contributed by atoms with Crippen LogP contribution in [-0.4, -0.2) is 66.8 Å². The van der Waals surface area contributed by atoms with E-state index in [1.54, 1.807) is 20.3 Å². The Hall–Kier alpha value is -2.09. The molecule has 2 heterocycles. The molecule has 0 amide bonds. The molecule has 8 nitrogen and oxygen atoms in total. The standard InChI is InChI=1S/C11H18N4O2.CH2O2/c1-15-5-4-8(7-15)12-11-13-9(16-2)6-10(14-11)17-3;2-1-3/h6,8H,4-5,7H2,1-3H3,(H,12,13,14);1H,(H,2,3). The molecule has 0 bridgehead atoms. The minimum absolute atomic E-state index is 0.250. The molecule has 2 N–H and O–H groups in total. The third kappa shape index (κ3) is 4.88. The van der Waals surface area contributed by atoms with Gasteiger partial charge in [-0.05, 0) is 20.0 Å². The quantitative estimate of drug-likeness (QED) is 0.763. The monoisotopic (exact) mass is 284 g/mol. The summed E-state index contributed by atoms with van der Waals surface area (Å²) in [6, 6.07) is 2.04. The molecular weight excluding hydrogens is 264 g/mol. The van der Waals surface area contributed by atoms with Crippen molar-refractivity contribution >= 4 is 12.4 Å². The summed E-state index contributed by atoms with van der Waals surface area (Å²) in [5.41, 5.74) is 0. The highest BCUT2D eigenvalue weighted by atomic mass is 16.5. The van der Waals surface area contributed by atoms with Crippen molar-refractivity contribution in [2.24, 2.45) is 0 Å². The average molecular weight is 284 g/mol. The first-order valence-corrected chi connectivity index (χ1v) is 6.13. The maximum Gasteiger partial charge on any atom is 0.290 e. The fourth-order valence-electron chi connectivity index (χ4n) is 1.91. The van der Waals surface area contributed by atoms with Crippen molar-refractivity contribution in [3.8, 4) is 11.8 Å². The maximum atomic E-state index is 8.36. The van der Waals surface area contributed by atoms with E-state index < -0.39 is 0 Å². The summed E-state index contributed by atoms with van der Waals surface area (Å²) < 4.78 is 10.2. The molecule has 1 aromatic heterocycles. The lowest BCUT2D eigenvalue weighted by molar-refractivity contribution is -0.122. The van der Waals surface area contributed by atoms with Crippen LogP contribution in [0.15, 0.2) is 6.07 Å². The zero-order valence-corrected chi connectivity index (χ0v) is 11.9. The van der Waals surface area contributed by atoms with Crippen LogP contribution < -0.4 is 14.8 Å². The maximum absolute atomic E-state index is 8.36. The third-order valence-electron chi connectivity index (χ3n) is 2.82. The van der Waals surface area contributed by atoms with Crippen LogP contribution in [-0.2, 0) is 4.79 Å². The number of ether oxygens (including phenoxy) is 2. The summed E-state index contributed by atoms with van der Waals surface area (Å²) in [5.74, 6) is 1.57. The van der Waals surface area contributed by atoms with Crippen molar-refractivity contribution < 1.29 is 19.4 Å². The number of likely N-dealkylation sites (N-methyl/N-ethyl adjacent to an activating group) is 1. The van der Waals surface area contributed by atoms with E-state index in [1.807, 2.05) is 0 Å². The fraction of sp³-hybridized carbons (Fsp3) is 0.583. The molecule has 2 rings (SSSR count). The number of nitrogens with one attached hydrogen (secondary N) is 1. The van der Waals surface area contributed by atoms with Gasteiger partial charge in [0, 0.05) is 12.6 Å². The van der Waals surface area contributed by atoms with E-state index in [9.17, 15) is 0 Å². The van der Waals surface area contributed by atoms with E-state index in [2.05, 4.69) is 27.2 Å². The van der Waals surface area contributed by atoms with E-state index in [0.717, 1.165) is 19.5 Å². The first-order valence-electron chi connectivity index (χ1n) is 6.13. The third-order valence-corrected chi connectivity index (χ3v) is 2.82. The van der Waals surface area contributed by atoms with Gasteiger partial charge in [-0.3, -0.25) is 4.79 Å². The Balaban J connectivity index is 0.000000612. The lowest BCUT2D eigenvalue weighted by Gasteiger charge is -2.13. The summed E-state index contributed by atoms with van der Waals surface area (Å²) >= 11 is 0. The SMILES string of the molecule is COc1cc(OC)nc(NC2CCN(C)C2)n1.O=CO. The normalized spacial score (nSPS) is 17.9. The summed E-state index contributed by atoms with van der Waals surface area (Å²) in [4.78, 5) is 19.1. The van der Waals surface area contributed by atoms with Crippen LogP contribution in [0, 0.1) is 0 Å². The minimum Gasteiger partial charge on any atom is -0.483 e. The lowest BCUT2D eigenvalue weighted by atomic mass is 10.3. The Morgan fingerprint density at radius 3 is 2.35 bits per heavy atom. The second-order valence-corrected chi connectivity index (χ2v) is 4.27. The van der Waals surface area contributed by atoms with Gasteiger partial charge in [-0.25, -0.2) is 0 Å². The van der Waals surface area contributed by atoms with Gasteiger partial charge in [0.15, 0.2) is 0 Å². The second-order valence-electron chi connectivity index (χ2n) is 4.27. The zero-order valence-electron chi connectivity index (χ0n) is 11.9. The molecule has 1 aromatic rings. The first kappa shape index (κ1) is 16.0. The van der Waals surface area contributed by atoms with E-state index in [-0.39, 0.29) is 6.47 Å². The number of methoxy groups -OCH3 is 2. The smallest absolute Gasteiger partial charge is 0.290 e. The van der Waals surface area contributed by atoms with Crippen molar-refractivity contribution in [2.75, 3.05) is 39.7 Å². The van der Waals surface area contributed by atoms with Crippen molar-refractivity contribution in [1.82, 2.24) is 14.9 Å². The lowest BCUT2D eigenvalue weighted by Crippen LogP contribution is -2.24. The van der Waals surface area contributed by atoms with Crippen molar-refractivity contribution in [3.05, 3.63) is 6.07 Å². The van der Waals surface area contributed by atoms with Gasteiger partial charge in [-0.15, -0.1) is 0 Å². The molecular formula is C12H20N4O4. The highest BCUT2D eigenvalue weighted by Gasteiger charge is 2.20. The van der Waals surface area contributed by atoms with Crippen molar-refractivity contribution in [1.29, 1.82) is 0 Å². The van der Waals surface area contributed by atoms with Crippen molar-refractivity contribution in [3.63, 3.8) is 0 Å². The summed E-state index contributed by atoms with van der Waals surface area (Å²) in [6.07, 6.45) is 1.10. The van der Waals surface area contributed by atoms with Gasteiger partial charge in [0.05, 0.1) is 20.3 Å². The average Bonchev–Trinajstić information content (AvgIpc) is 2.84. The number of likely N-dealkylation sites (tertiary alicyclic amines) is 1. The van der Waals surface area contributed by atoms with Crippen LogP contribution in [0.4, 0.5) is 5.95 Å². The van der Waals surface area contributed by atoms with Crippen LogP contribution in [0.25, 0.3) is 0 Å². The predicted octanol–water partition coefficient (Wildman–Crippen LogP) is 0.311. The molecule has 0 aromatic carbocycles. The number of carboxylic acid groups (broad SMARTS) is 1. The molecule has 1 atom stereocenters. The Kier molecular flexibility index (Phi) is 6.51. The van der Waals surface area contributed by atoms with Gasteiger partial charge in [0.1, 0.15) is 0 Å². The molecule has 1 fully saturated rings. The molecule has 1 unspecified atom stereocenters. The number of anilines is 1. The largest absolute Gasteiger partial charge is 0.483 e. The Morgan fingerprint density at radius 1 is 1.40 bits per heavy atom. The highest BCUT2D eigenvalue weighted by Crippen LogP contribution is 2.19. The predicted molar refractivity (Wildman–Crippen MR) is 73.4 cm³/mol. The number of hydrogen-bond donors (Lipinski definition) is 2. The first-order chi connectivity index (χ1) is 9.62. The van der Waals surface area contributed by atoms with Crippen LogP contribution in [0.2, 0.25) is 0 Å². The molecule has 0 radical (unpaired) electrons. The van der Waals surface area contributed by atoms with Crippen LogP contribution >= 0.6 is 0 Å². The van der Waals surface area contributed by atoms with Gasteiger partial charge in [-0.2, -0.15) is 9.97 Å². The Morgan fingerprint density at radius 2 is 1.95 bits per heavy atom. The molecule has 8 heteroatoms. The Bertz CT molecular complexity index is 408. The molecule has 1 aliphatic rings. The van der Waals surface area contributed by atoms with E-state index in [4.69, 9.17) is 19.4 Å². The number of nitrogens with zero attached hydrogens (tertiary/aromatic N) is 3. The molecule has 0 spiro atoms. The Labute approximate surface area is 117 Å². The number of carbonyl (C=O) groups is 1. The number of aromatic nitrogens is 2. The second kappa shape index (κ2) is 8.16. The van der Waals surface area contributed by atoms with Gasteiger partial charge in [0.25, 0.3) is 6.47 Å². The minimum atomic E-state index is -0.250. The van der Waals surface area contributed by atoms with Gasteiger partial charge in [-0.1, -0.05) is 0 Å². The topological polar surface area (TPSA) is 96.8 Å². The van der Waals surface area contributed by atoms with Gasteiger partial charge in [0.2, 0.25) is 17.7 Å². The van der Waals surface area contributed by atoms with Crippen LogP contribution in [0.3, 0.4) is 0 Å². The summed E-state index contributed by atoms with van der Waals surface area (Å²) in [5, 5.41) is 10.2. The molecule has 0 saturated carbocycles. The molecule has 0 aliphatic carbocycles. The van der Waals surface area contributed by atoms with E-state index in [0.29, 0.717) is 23.8 Å². The highest BCUT2D eigenvalue weighted by molar-refractivity contribution is 5.34. The van der Waals surface area contributed by atoms with E-state index in [1.165, 1.54) is 0 Å². The summed E-state index contributed by atoms with van der Waals surface area (Å²) in [7, 11) is 5.26. The molecule has 1 saturated heterocycles. The van der Waals surface area contributed by atoms with Gasteiger partial charge >= 0.3 is 0 Å². The van der Waals surface area contributed by atoms with Crippen LogP contribution in [0.1, 0.15) is 6.42 Å². The van der Waals surface area contributed by atoms with Crippen LogP contribution in [0.5, 0.6) is 11.8 Å². The molecule has 20 heavy (non-hydrogen) atoms. The molecule has 112 valence electrons. The molecule has 1 aliphatic heterocycles. The van der Waals surface area contributed by atoms with Gasteiger partial charge < -0.3 is 24.8 Å². The fourth-order valence-corrected chi connectivity index (χ4v) is 1.91.